The van der Waals surface area contributed by atoms with Gasteiger partial charge < -0.3 is 13.8 Å². The first-order valence-electron chi connectivity index (χ1n) is 6.57. The fraction of sp³-hybridized carbons (Fsp3) is 0.462. The molecule has 0 saturated carbocycles. The Morgan fingerprint density at radius 1 is 1.17 bits per heavy atom. The van der Waals surface area contributed by atoms with Crippen molar-refractivity contribution in [3.05, 3.63) is 29.6 Å². The topological polar surface area (TPSA) is 61.8 Å². The minimum absolute atomic E-state index is 0.0436. The average Bonchev–Trinajstić information content (AvgIpc) is 2.39. The van der Waals surface area contributed by atoms with E-state index in [1.165, 1.54) is 13.8 Å². The van der Waals surface area contributed by atoms with E-state index in [-0.39, 0.29) is 13.2 Å². The van der Waals surface area contributed by atoms with Crippen LogP contribution in [0.3, 0.4) is 0 Å². The van der Waals surface area contributed by atoms with Crippen LogP contribution in [0, 0.1) is 5.82 Å². The molecule has 5 nitrogen and oxygen atoms in total. The minimum atomic E-state index is -4.92. The SMILES string of the molecule is CCOP(=O)(CC(=O)Oc1c(F)cccc1C(F)(F)F)OCC. The van der Waals surface area contributed by atoms with Crippen LogP contribution in [0.15, 0.2) is 18.2 Å². The molecule has 0 bridgehead atoms. The molecule has 0 heterocycles. The van der Waals surface area contributed by atoms with E-state index in [9.17, 15) is 26.9 Å². The maximum Gasteiger partial charge on any atom is 0.420 e. The summed E-state index contributed by atoms with van der Waals surface area (Å²) in [5.74, 6) is -3.99. The Labute approximate surface area is 130 Å². The Hall–Kier alpha value is -1.44. The monoisotopic (exact) mass is 358 g/mol. The molecule has 0 amide bonds. The summed E-state index contributed by atoms with van der Waals surface area (Å²) >= 11 is 0. The molecule has 0 N–H and O–H groups in total. The van der Waals surface area contributed by atoms with Crippen LogP contribution >= 0.6 is 7.60 Å². The number of para-hydroxylation sites is 1. The molecule has 0 atom stereocenters. The Kier molecular flexibility index (Phi) is 6.73. The molecule has 0 fully saturated rings. The maximum atomic E-state index is 13.6. The summed E-state index contributed by atoms with van der Waals surface area (Å²) in [4.78, 5) is 11.7. The first-order chi connectivity index (χ1) is 10.6. The lowest BCUT2D eigenvalue weighted by molar-refractivity contribution is -0.141. The number of carbonyl (C=O) groups excluding carboxylic acids is 1. The largest absolute Gasteiger partial charge is 0.422 e. The van der Waals surface area contributed by atoms with Gasteiger partial charge in [-0.2, -0.15) is 13.2 Å². The van der Waals surface area contributed by atoms with E-state index < -0.39 is 43.0 Å². The summed E-state index contributed by atoms with van der Waals surface area (Å²) in [6.45, 7) is 2.90. The summed E-state index contributed by atoms with van der Waals surface area (Å²) in [5.41, 5.74) is -1.45. The fourth-order valence-corrected chi connectivity index (χ4v) is 3.09. The van der Waals surface area contributed by atoms with Gasteiger partial charge in [0.2, 0.25) is 0 Å². The highest BCUT2D eigenvalue weighted by molar-refractivity contribution is 7.54. The van der Waals surface area contributed by atoms with Crippen LogP contribution in [-0.2, 0) is 24.6 Å². The Balaban J connectivity index is 3.00. The van der Waals surface area contributed by atoms with E-state index in [2.05, 4.69) is 4.74 Å². The van der Waals surface area contributed by atoms with E-state index >= 15 is 0 Å². The minimum Gasteiger partial charge on any atom is -0.422 e. The number of carbonyl (C=O) groups is 1. The third-order valence-electron chi connectivity index (χ3n) is 2.46. The lowest BCUT2D eigenvalue weighted by Gasteiger charge is -2.17. The van der Waals surface area contributed by atoms with Crippen LogP contribution in [0.4, 0.5) is 17.6 Å². The average molecular weight is 358 g/mol. The number of benzene rings is 1. The molecular weight excluding hydrogens is 343 g/mol. The van der Waals surface area contributed by atoms with E-state index in [0.717, 1.165) is 6.07 Å². The summed E-state index contributed by atoms with van der Waals surface area (Å²) in [6.07, 6.45) is -5.85. The van der Waals surface area contributed by atoms with E-state index in [0.29, 0.717) is 12.1 Å². The first-order valence-corrected chi connectivity index (χ1v) is 8.30. The van der Waals surface area contributed by atoms with Gasteiger partial charge in [0.05, 0.1) is 13.2 Å². The lowest BCUT2D eigenvalue weighted by atomic mass is 10.2. The van der Waals surface area contributed by atoms with Crippen molar-refractivity contribution in [1.29, 1.82) is 0 Å². The van der Waals surface area contributed by atoms with Gasteiger partial charge >= 0.3 is 19.7 Å². The molecule has 10 heteroatoms. The van der Waals surface area contributed by atoms with Crippen molar-refractivity contribution in [1.82, 2.24) is 0 Å². The van der Waals surface area contributed by atoms with Crippen LogP contribution in [-0.4, -0.2) is 25.3 Å². The number of ether oxygens (including phenoxy) is 1. The molecule has 1 aromatic carbocycles. The van der Waals surface area contributed by atoms with E-state index in [1.807, 2.05) is 0 Å². The van der Waals surface area contributed by atoms with Gasteiger partial charge in [-0.15, -0.1) is 0 Å². The summed E-state index contributed by atoms with van der Waals surface area (Å²) in [7, 11) is -3.86. The predicted molar refractivity (Wildman–Crippen MR) is 72.8 cm³/mol. The Morgan fingerprint density at radius 3 is 2.22 bits per heavy atom. The molecule has 0 saturated heterocycles. The highest BCUT2D eigenvalue weighted by Gasteiger charge is 2.37. The zero-order valence-electron chi connectivity index (χ0n) is 12.4. The van der Waals surface area contributed by atoms with Crippen molar-refractivity contribution in [2.24, 2.45) is 0 Å². The Morgan fingerprint density at radius 2 is 1.74 bits per heavy atom. The third kappa shape index (κ3) is 5.60. The van der Waals surface area contributed by atoms with Crippen LogP contribution in [0.1, 0.15) is 19.4 Å². The van der Waals surface area contributed by atoms with Crippen molar-refractivity contribution < 1.29 is 40.7 Å². The van der Waals surface area contributed by atoms with Crippen molar-refractivity contribution >= 4 is 13.6 Å². The number of esters is 1. The van der Waals surface area contributed by atoms with Gasteiger partial charge in [0.15, 0.2) is 11.6 Å². The zero-order chi connectivity index (χ0) is 17.7. The lowest BCUT2D eigenvalue weighted by Crippen LogP contribution is -2.19. The molecular formula is C13H15F4O5P. The highest BCUT2D eigenvalue weighted by Crippen LogP contribution is 2.48. The fourth-order valence-electron chi connectivity index (χ4n) is 1.66. The maximum absolute atomic E-state index is 13.6. The standard InChI is InChI=1S/C13H15F4O5P/c1-3-20-23(19,21-4-2)8-11(18)22-12-9(13(15,16)17)6-5-7-10(12)14/h5-7H,3-4,8H2,1-2H3. The number of hydrogen-bond acceptors (Lipinski definition) is 5. The summed E-state index contributed by atoms with van der Waals surface area (Å²) < 4.78 is 78.1. The van der Waals surface area contributed by atoms with Crippen molar-refractivity contribution in [2.75, 3.05) is 19.4 Å². The predicted octanol–water partition coefficient (Wildman–Crippen LogP) is 4.02. The number of alkyl halides is 3. The molecule has 0 unspecified atom stereocenters. The van der Waals surface area contributed by atoms with Crippen LogP contribution in [0.5, 0.6) is 5.75 Å². The quantitative estimate of drug-likeness (QED) is 0.319. The molecule has 0 aliphatic carbocycles. The van der Waals surface area contributed by atoms with Crippen LogP contribution < -0.4 is 4.74 Å². The molecule has 0 radical (unpaired) electrons. The number of hydrogen-bond donors (Lipinski definition) is 0. The van der Waals surface area contributed by atoms with E-state index in [1.54, 1.807) is 0 Å². The second-order valence-corrected chi connectivity index (χ2v) is 6.25. The smallest absolute Gasteiger partial charge is 0.420 e. The molecule has 0 aliphatic rings. The Bertz CT molecular complexity index is 593. The van der Waals surface area contributed by atoms with Crippen molar-refractivity contribution in [3.8, 4) is 5.75 Å². The van der Waals surface area contributed by atoms with Gasteiger partial charge in [0, 0.05) is 0 Å². The number of rotatable bonds is 7. The zero-order valence-corrected chi connectivity index (χ0v) is 13.2. The van der Waals surface area contributed by atoms with Crippen molar-refractivity contribution in [3.63, 3.8) is 0 Å². The second-order valence-electron chi connectivity index (χ2n) is 4.19. The molecule has 1 rings (SSSR count). The number of halogens is 4. The highest BCUT2D eigenvalue weighted by atomic mass is 31.2. The van der Waals surface area contributed by atoms with E-state index in [4.69, 9.17) is 9.05 Å². The molecule has 23 heavy (non-hydrogen) atoms. The van der Waals surface area contributed by atoms with Gasteiger partial charge in [0.25, 0.3) is 0 Å². The van der Waals surface area contributed by atoms with Gasteiger partial charge in [0.1, 0.15) is 11.7 Å². The normalized spacial score (nSPS) is 12.3. The first kappa shape index (κ1) is 19.6. The third-order valence-corrected chi connectivity index (χ3v) is 4.41. The van der Waals surface area contributed by atoms with Gasteiger partial charge in [-0.1, -0.05) is 6.07 Å². The second kappa shape index (κ2) is 7.90. The molecule has 0 spiro atoms. The summed E-state index contributed by atoms with van der Waals surface area (Å²) in [5, 5.41) is 0. The van der Waals surface area contributed by atoms with Gasteiger partial charge in [-0.3, -0.25) is 9.36 Å². The van der Waals surface area contributed by atoms with Crippen LogP contribution in [0.25, 0.3) is 0 Å². The van der Waals surface area contributed by atoms with Crippen LogP contribution in [0.2, 0.25) is 0 Å². The van der Waals surface area contributed by atoms with Gasteiger partial charge in [-0.25, -0.2) is 4.39 Å². The molecule has 0 aromatic heterocycles. The van der Waals surface area contributed by atoms with Crippen molar-refractivity contribution in [2.45, 2.75) is 20.0 Å². The molecule has 130 valence electrons. The summed E-state index contributed by atoms with van der Waals surface area (Å²) in [6, 6.07) is 2.11. The molecule has 1 aromatic rings. The van der Waals surface area contributed by atoms with Gasteiger partial charge in [-0.05, 0) is 26.0 Å². The molecule has 0 aliphatic heterocycles.